The first-order valence-corrected chi connectivity index (χ1v) is 8.37. The van der Waals surface area contributed by atoms with Gasteiger partial charge >= 0.3 is 5.97 Å². The van der Waals surface area contributed by atoms with E-state index in [-0.39, 0.29) is 22.6 Å². The van der Waals surface area contributed by atoms with E-state index in [9.17, 15) is 10.1 Å². The van der Waals surface area contributed by atoms with Gasteiger partial charge in [-0.15, -0.1) is 0 Å². The van der Waals surface area contributed by atoms with Crippen molar-refractivity contribution < 1.29 is 14.4 Å². The summed E-state index contributed by atoms with van der Waals surface area (Å²) in [6.45, 7) is 0. The van der Waals surface area contributed by atoms with Crippen molar-refractivity contribution >= 4 is 40.9 Å². The van der Waals surface area contributed by atoms with Crippen molar-refractivity contribution in [1.29, 1.82) is 5.26 Å². The minimum Gasteiger partial charge on any atom is -0.478 e. The second-order valence-electron chi connectivity index (χ2n) is 5.34. The summed E-state index contributed by atoms with van der Waals surface area (Å²) in [6, 6.07) is 13.2. The van der Waals surface area contributed by atoms with Crippen LogP contribution in [0.2, 0.25) is 10.0 Å². The Labute approximate surface area is 164 Å². The Morgan fingerprint density at radius 3 is 2.44 bits per heavy atom. The summed E-state index contributed by atoms with van der Waals surface area (Å²) in [6.07, 6.45) is 3.08. The molecular formula is C19H11Cl2N3O3. The van der Waals surface area contributed by atoms with Crippen LogP contribution >= 0.6 is 23.2 Å². The molecule has 8 heteroatoms. The third-order valence-corrected chi connectivity index (χ3v) is 4.28. The van der Waals surface area contributed by atoms with Crippen LogP contribution in [0.4, 0.5) is 5.69 Å². The molecule has 1 aromatic heterocycles. The number of nitriles is 1. The van der Waals surface area contributed by atoms with Gasteiger partial charge < -0.3 is 14.9 Å². The van der Waals surface area contributed by atoms with Crippen LogP contribution in [0.3, 0.4) is 0 Å². The topological polar surface area (TPSA) is 99.2 Å². The molecular weight excluding hydrogens is 389 g/mol. The minimum absolute atomic E-state index is 0.188. The molecule has 0 aliphatic carbocycles. The van der Waals surface area contributed by atoms with E-state index in [0.717, 1.165) is 0 Å². The summed E-state index contributed by atoms with van der Waals surface area (Å²) in [7, 11) is 0. The molecule has 0 saturated carbocycles. The minimum atomic E-state index is -0.997. The van der Waals surface area contributed by atoms with E-state index >= 15 is 0 Å². The highest BCUT2D eigenvalue weighted by atomic mass is 35.5. The molecule has 2 N–H and O–H groups in total. The number of nitrogens with zero attached hydrogens (tertiary/aromatic N) is 2. The van der Waals surface area contributed by atoms with Gasteiger partial charge in [0.1, 0.15) is 17.3 Å². The first-order chi connectivity index (χ1) is 13.0. The summed E-state index contributed by atoms with van der Waals surface area (Å²) < 4.78 is 5.25. The molecule has 0 spiro atoms. The Morgan fingerprint density at radius 2 is 1.85 bits per heavy atom. The van der Waals surface area contributed by atoms with E-state index in [0.29, 0.717) is 21.3 Å². The Kier molecular flexibility index (Phi) is 5.46. The quantitative estimate of drug-likeness (QED) is 0.603. The maximum atomic E-state index is 10.8. The van der Waals surface area contributed by atoms with Gasteiger partial charge in [0, 0.05) is 23.5 Å². The average molecular weight is 400 g/mol. The highest BCUT2D eigenvalue weighted by Gasteiger charge is 2.20. The number of nitrogens with one attached hydrogen (secondary N) is 1. The Morgan fingerprint density at radius 1 is 1.19 bits per heavy atom. The molecule has 1 heterocycles. The van der Waals surface area contributed by atoms with E-state index in [2.05, 4.69) is 10.5 Å². The lowest BCUT2D eigenvalue weighted by Gasteiger charge is -2.02. The third-order valence-electron chi connectivity index (χ3n) is 3.65. The van der Waals surface area contributed by atoms with E-state index < -0.39 is 5.97 Å². The maximum Gasteiger partial charge on any atom is 0.335 e. The molecule has 0 bridgehead atoms. The van der Waals surface area contributed by atoms with Crippen molar-refractivity contribution in [2.24, 2.45) is 0 Å². The van der Waals surface area contributed by atoms with E-state index in [1.54, 1.807) is 36.5 Å². The fraction of sp³-hybridized carbons (Fsp3) is 0. The lowest BCUT2D eigenvalue weighted by molar-refractivity contribution is 0.0697. The highest BCUT2D eigenvalue weighted by Crippen LogP contribution is 2.36. The largest absolute Gasteiger partial charge is 0.478 e. The first kappa shape index (κ1) is 18.5. The van der Waals surface area contributed by atoms with Crippen molar-refractivity contribution in [3.8, 4) is 17.3 Å². The third kappa shape index (κ3) is 3.95. The SMILES string of the molecule is N#Cc1c(-c2c(Cl)cccc2Cl)noc1C=CNc1ccc(C(=O)O)cc1. The van der Waals surface area contributed by atoms with Gasteiger partial charge in [-0.2, -0.15) is 5.26 Å². The monoisotopic (exact) mass is 399 g/mol. The van der Waals surface area contributed by atoms with Crippen molar-refractivity contribution in [2.75, 3.05) is 5.32 Å². The smallest absolute Gasteiger partial charge is 0.335 e. The predicted molar refractivity (Wildman–Crippen MR) is 103 cm³/mol. The van der Waals surface area contributed by atoms with Crippen LogP contribution in [-0.2, 0) is 0 Å². The maximum absolute atomic E-state index is 10.8. The number of hydrogen-bond acceptors (Lipinski definition) is 5. The van der Waals surface area contributed by atoms with Crippen molar-refractivity contribution in [3.05, 3.63) is 75.6 Å². The number of carboxylic acids is 1. The number of carbonyl (C=O) groups is 1. The van der Waals surface area contributed by atoms with E-state index in [4.69, 9.17) is 32.8 Å². The van der Waals surface area contributed by atoms with Crippen LogP contribution in [-0.4, -0.2) is 16.2 Å². The first-order valence-electron chi connectivity index (χ1n) is 7.62. The van der Waals surface area contributed by atoms with Gasteiger partial charge in [-0.05, 0) is 36.4 Å². The summed E-state index contributed by atoms with van der Waals surface area (Å²) >= 11 is 12.3. The second-order valence-corrected chi connectivity index (χ2v) is 6.15. The second kappa shape index (κ2) is 7.96. The molecule has 0 fully saturated rings. The van der Waals surface area contributed by atoms with E-state index in [1.807, 2.05) is 6.07 Å². The van der Waals surface area contributed by atoms with E-state index in [1.165, 1.54) is 18.2 Å². The molecule has 0 amide bonds. The summed E-state index contributed by atoms with van der Waals surface area (Å²) in [5.41, 5.74) is 1.75. The number of rotatable bonds is 5. The Hall–Kier alpha value is -3.27. The molecule has 0 radical (unpaired) electrons. The molecule has 2 aromatic carbocycles. The zero-order valence-corrected chi connectivity index (χ0v) is 15.1. The van der Waals surface area contributed by atoms with Crippen molar-refractivity contribution in [1.82, 2.24) is 5.16 Å². The van der Waals surface area contributed by atoms with Gasteiger partial charge in [0.25, 0.3) is 0 Å². The van der Waals surface area contributed by atoms with Crippen LogP contribution in [0.1, 0.15) is 21.7 Å². The van der Waals surface area contributed by atoms with Gasteiger partial charge in [0.05, 0.1) is 15.6 Å². The molecule has 0 unspecified atom stereocenters. The van der Waals surface area contributed by atoms with Crippen molar-refractivity contribution in [2.45, 2.75) is 0 Å². The number of anilines is 1. The molecule has 0 atom stereocenters. The number of halogens is 2. The Balaban J connectivity index is 1.84. The zero-order chi connectivity index (χ0) is 19.4. The fourth-order valence-electron chi connectivity index (χ4n) is 2.34. The zero-order valence-electron chi connectivity index (χ0n) is 13.6. The lowest BCUT2D eigenvalue weighted by atomic mass is 10.1. The van der Waals surface area contributed by atoms with Crippen LogP contribution in [0.5, 0.6) is 0 Å². The molecule has 0 saturated heterocycles. The van der Waals surface area contributed by atoms with Gasteiger partial charge in [0.15, 0.2) is 5.76 Å². The number of carboxylic acid groups (broad SMARTS) is 1. The van der Waals surface area contributed by atoms with Crippen LogP contribution < -0.4 is 5.32 Å². The average Bonchev–Trinajstić information content (AvgIpc) is 3.04. The molecule has 0 aliphatic heterocycles. The molecule has 0 aliphatic rings. The van der Waals surface area contributed by atoms with Crippen molar-refractivity contribution in [3.63, 3.8) is 0 Å². The molecule has 3 rings (SSSR count). The summed E-state index contributed by atoms with van der Waals surface area (Å²) in [5, 5.41) is 26.0. The molecule has 27 heavy (non-hydrogen) atoms. The lowest BCUT2D eigenvalue weighted by Crippen LogP contribution is -1.96. The molecule has 134 valence electrons. The van der Waals surface area contributed by atoms with Gasteiger partial charge in [-0.1, -0.05) is 34.4 Å². The fourth-order valence-corrected chi connectivity index (χ4v) is 2.92. The van der Waals surface area contributed by atoms with Gasteiger partial charge in [-0.3, -0.25) is 0 Å². The standard InChI is InChI=1S/C19H11Cl2N3O3/c20-14-2-1-3-15(21)17(14)18-13(10-22)16(27-24-18)8-9-23-12-6-4-11(5-7-12)19(25)26/h1-9,23H,(H,25,26). The van der Waals surface area contributed by atoms with Crippen LogP contribution in [0.25, 0.3) is 17.3 Å². The molecule has 3 aromatic rings. The summed E-state index contributed by atoms with van der Waals surface area (Å²) in [5.74, 6) is -0.763. The number of aromatic carboxylic acids is 1. The number of benzene rings is 2. The Bertz CT molecular complexity index is 1050. The predicted octanol–water partition coefficient (Wildman–Crippen LogP) is 5.30. The van der Waals surface area contributed by atoms with Gasteiger partial charge in [0.2, 0.25) is 0 Å². The normalized spacial score (nSPS) is 10.7. The number of aromatic nitrogens is 1. The summed E-state index contributed by atoms with van der Waals surface area (Å²) in [4.78, 5) is 10.8. The van der Waals surface area contributed by atoms with Gasteiger partial charge in [-0.25, -0.2) is 4.79 Å². The molecule has 6 nitrogen and oxygen atoms in total. The van der Waals surface area contributed by atoms with Crippen LogP contribution in [0, 0.1) is 11.3 Å². The van der Waals surface area contributed by atoms with Crippen LogP contribution in [0.15, 0.2) is 53.2 Å². The highest BCUT2D eigenvalue weighted by molar-refractivity contribution is 6.39. The number of hydrogen-bond donors (Lipinski definition) is 2.